The van der Waals surface area contributed by atoms with Crippen LogP contribution in [-0.4, -0.2) is 39.3 Å². The van der Waals surface area contributed by atoms with Gasteiger partial charge in [-0.25, -0.2) is 9.78 Å². The highest BCUT2D eigenvalue weighted by Crippen LogP contribution is 2.39. The first kappa shape index (κ1) is 20.1. The summed E-state index contributed by atoms with van der Waals surface area (Å²) in [6.07, 6.45) is -1.50. The van der Waals surface area contributed by atoms with Crippen molar-refractivity contribution in [2.24, 2.45) is 5.22 Å². The molecule has 0 saturated heterocycles. The van der Waals surface area contributed by atoms with Crippen LogP contribution < -0.4 is 10.3 Å². The number of esters is 1. The number of aliphatic hydroxyl groups is 1. The van der Waals surface area contributed by atoms with Crippen molar-refractivity contribution in [2.45, 2.75) is 32.7 Å². The van der Waals surface area contributed by atoms with Crippen molar-refractivity contribution in [3.05, 3.63) is 56.9 Å². The van der Waals surface area contributed by atoms with E-state index < -0.39 is 12.1 Å². The Hall–Kier alpha value is -3.79. The number of pyridine rings is 2. The van der Waals surface area contributed by atoms with Gasteiger partial charge < -0.3 is 19.1 Å². The van der Waals surface area contributed by atoms with Crippen molar-refractivity contribution in [2.75, 3.05) is 13.7 Å². The van der Waals surface area contributed by atoms with Crippen LogP contribution in [0.15, 0.2) is 34.3 Å². The number of carbonyl (C=O) groups excluding carboxylic acids is 1. The monoisotopic (exact) mass is 435 g/mol. The molecule has 0 aliphatic carbocycles. The zero-order valence-corrected chi connectivity index (χ0v) is 17.6. The number of nitrogens with one attached hydrogen (secondary N) is 1. The van der Waals surface area contributed by atoms with E-state index in [-0.39, 0.29) is 29.8 Å². The zero-order valence-electron chi connectivity index (χ0n) is 17.6. The number of fused-ring (bicyclic) bond motifs is 5. The number of hydrogen-bond acceptors (Lipinski definition) is 8. The van der Waals surface area contributed by atoms with Crippen LogP contribution in [0.25, 0.3) is 22.3 Å². The van der Waals surface area contributed by atoms with Gasteiger partial charge in [0.15, 0.2) is 6.10 Å². The lowest BCUT2D eigenvalue weighted by Gasteiger charge is -2.21. The Morgan fingerprint density at radius 2 is 2.16 bits per heavy atom. The van der Waals surface area contributed by atoms with Gasteiger partial charge in [-0.15, -0.1) is 0 Å². The van der Waals surface area contributed by atoms with E-state index in [9.17, 15) is 14.7 Å². The molecule has 2 N–H and O–H groups in total. The van der Waals surface area contributed by atoms with E-state index in [1.807, 2.05) is 25.1 Å². The minimum Gasteiger partial charge on any atom is -0.497 e. The standard InChI is InChI=1S/C22H21N5O5/c1-3-26(25-23)8-14-12-6-11(31-2)4-5-17(12)24-19-15(14)9-27-18(19)7-13-16(21(27)29)10-32-22(30)20(13)28/h4-7,20,23,28H,3,8-10H2,1-2H3/t20-/m0/s1. The molecule has 2 aliphatic heterocycles. The second-order valence-corrected chi connectivity index (χ2v) is 7.75. The summed E-state index contributed by atoms with van der Waals surface area (Å²) in [7, 11) is 1.59. The number of aliphatic hydroxyl groups excluding tert-OH is 1. The summed E-state index contributed by atoms with van der Waals surface area (Å²) >= 11 is 0. The number of methoxy groups -OCH3 is 1. The van der Waals surface area contributed by atoms with Crippen molar-refractivity contribution >= 4 is 16.9 Å². The highest BCUT2D eigenvalue weighted by molar-refractivity contribution is 5.89. The fourth-order valence-corrected chi connectivity index (χ4v) is 4.40. The number of aromatic nitrogens is 2. The topological polar surface area (TPSA) is 130 Å². The van der Waals surface area contributed by atoms with Crippen molar-refractivity contribution < 1.29 is 19.4 Å². The summed E-state index contributed by atoms with van der Waals surface area (Å²) in [5.41, 5.74) is 11.3. The van der Waals surface area contributed by atoms with Crippen LogP contribution in [0, 0.1) is 5.53 Å². The first-order valence-electron chi connectivity index (χ1n) is 10.2. The number of cyclic esters (lactones) is 1. The summed E-state index contributed by atoms with van der Waals surface area (Å²) < 4.78 is 11.9. The normalized spacial score (nSPS) is 16.2. The van der Waals surface area contributed by atoms with Gasteiger partial charge in [0.05, 0.1) is 42.7 Å². The lowest BCUT2D eigenvalue weighted by Crippen LogP contribution is -2.32. The molecule has 10 heteroatoms. The molecule has 5 rings (SSSR count). The van der Waals surface area contributed by atoms with Gasteiger partial charge in [-0.3, -0.25) is 9.80 Å². The Balaban J connectivity index is 1.78. The molecule has 0 fully saturated rings. The summed E-state index contributed by atoms with van der Waals surface area (Å²) in [4.78, 5) is 29.9. The van der Waals surface area contributed by atoms with Crippen LogP contribution in [0.4, 0.5) is 0 Å². The molecule has 2 aliphatic rings. The van der Waals surface area contributed by atoms with E-state index in [0.29, 0.717) is 35.7 Å². The lowest BCUT2D eigenvalue weighted by molar-refractivity contribution is -0.157. The molecule has 0 saturated carbocycles. The Bertz CT molecular complexity index is 1350. The van der Waals surface area contributed by atoms with E-state index in [0.717, 1.165) is 16.5 Å². The first-order valence-corrected chi connectivity index (χ1v) is 10.2. The second kappa shape index (κ2) is 7.41. The third-order valence-electron chi connectivity index (χ3n) is 6.13. The third-order valence-corrected chi connectivity index (χ3v) is 6.13. The Kier molecular flexibility index (Phi) is 4.66. The van der Waals surface area contributed by atoms with Gasteiger partial charge in [0, 0.05) is 23.1 Å². The smallest absolute Gasteiger partial charge is 0.340 e. The molecule has 3 aromatic rings. The molecule has 1 aromatic carbocycles. The van der Waals surface area contributed by atoms with Crippen molar-refractivity contribution in [3.63, 3.8) is 0 Å². The van der Waals surface area contributed by atoms with E-state index >= 15 is 0 Å². The summed E-state index contributed by atoms with van der Waals surface area (Å²) in [5, 5.41) is 16.4. The molecule has 10 nitrogen and oxygen atoms in total. The van der Waals surface area contributed by atoms with Crippen LogP contribution in [0.5, 0.6) is 5.75 Å². The SMILES string of the molecule is CCN(Cc1c2c(nc3ccc(OC)cc13)-c1cc3c(c(=O)n1C2)COC(=O)[C@H]3O)N=N. The van der Waals surface area contributed by atoms with Gasteiger partial charge in [-0.1, -0.05) is 5.22 Å². The largest absolute Gasteiger partial charge is 0.497 e. The number of ether oxygens (including phenoxy) is 2. The van der Waals surface area contributed by atoms with Gasteiger partial charge in [0.25, 0.3) is 5.56 Å². The van der Waals surface area contributed by atoms with E-state index in [4.69, 9.17) is 20.0 Å². The molecule has 0 amide bonds. The predicted octanol–water partition coefficient (Wildman–Crippen LogP) is 2.29. The van der Waals surface area contributed by atoms with Crippen LogP contribution in [0.1, 0.15) is 35.3 Å². The molecular formula is C22H21N5O5. The average molecular weight is 435 g/mol. The van der Waals surface area contributed by atoms with Gasteiger partial charge in [-0.2, -0.15) is 5.53 Å². The van der Waals surface area contributed by atoms with Crippen LogP contribution in [0.3, 0.4) is 0 Å². The predicted molar refractivity (Wildman–Crippen MR) is 113 cm³/mol. The van der Waals surface area contributed by atoms with Crippen molar-refractivity contribution in [1.29, 1.82) is 5.53 Å². The Morgan fingerprint density at radius 1 is 1.34 bits per heavy atom. The molecule has 0 unspecified atom stereocenters. The maximum atomic E-state index is 13.2. The first-order chi connectivity index (χ1) is 15.5. The van der Waals surface area contributed by atoms with Gasteiger partial charge >= 0.3 is 5.97 Å². The number of rotatable bonds is 5. The molecule has 0 spiro atoms. The fourth-order valence-electron chi connectivity index (χ4n) is 4.40. The maximum Gasteiger partial charge on any atom is 0.340 e. The van der Waals surface area contributed by atoms with E-state index in [2.05, 4.69) is 5.22 Å². The number of carbonyl (C=O) groups is 1. The fraction of sp³-hybridized carbons (Fsp3) is 0.318. The summed E-state index contributed by atoms with van der Waals surface area (Å²) in [6.45, 7) is 2.93. The lowest BCUT2D eigenvalue weighted by atomic mass is 9.98. The minimum atomic E-state index is -1.50. The Morgan fingerprint density at radius 3 is 2.88 bits per heavy atom. The quantitative estimate of drug-likeness (QED) is 0.279. The molecule has 4 heterocycles. The Labute approximate surface area is 182 Å². The second-order valence-electron chi connectivity index (χ2n) is 7.75. The van der Waals surface area contributed by atoms with Crippen LogP contribution in [0.2, 0.25) is 0 Å². The average Bonchev–Trinajstić information content (AvgIpc) is 3.18. The van der Waals surface area contributed by atoms with Crippen LogP contribution >= 0.6 is 0 Å². The zero-order chi connectivity index (χ0) is 22.6. The van der Waals surface area contributed by atoms with E-state index in [1.165, 1.54) is 0 Å². The molecule has 2 aromatic heterocycles. The minimum absolute atomic E-state index is 0.165. The van der Waals surface area contributed by atoms with E-state index in [1.54, 1.807) is 22.8 Å². The summed E-state index contributed by atoms with van der Waals surface area (Å²) in [6, 6.07) is 7.21. The molecular weight excluding hydrogens is 414 g/mol. The highest BCUT2D eigenvalue weighted by atomic mass is 16.5. The number of hydrogen-bond donors (Lipinski definition) is 2. The number of benzene rings is 1. The maximum absolute atomic E-state index is 13.2. The molecule has 1 atom stereocenters. The van der Waals surface area contributed by atoms with Crippen LogP contribution in [-0.2, 0) is 29.2 Å². The highest BCUT2D eigenvalue weighted by Gasteiger charge is 2.34. The molecule has 0 radical (unpaired) electrons. The van der Waals surface area contributed by atoms with Crippen molar-refractivity contribution in [1.82, 2.24) is 14.6 Å². The molecule has 0 bridgehead atoms. The van der Waals surface area contributed by atoms with Gasteiger partial charge in [0.2, 0.25) is 0 Å². The van der Waals surface area contributed by atoms with Gasteiger partial charge in [0.1, 0.15) is 12.4 Å². The number of nitrogens with zero attached hydrogens (tertiary/aromatic N) is 4. The third kappa shape index (κ3) is 2.87. The molecule has 32 heavy (non-hydrogen) atoms. The molecule has 164 valence electrons. The van der Waals surface area contributed by atoms with Crippen molar-refractivity contribution in [3.8, 4) is 17.1 Å². The van der Waals surface area contributed by atoms with Gasteiger partial charge in [-0.05, 0) is 36.8 Å². The summed E-state index contributed by atoms with van der Waals surface area (Å²) in [5.74, 6) is -0.0942.